The van der Waals surface area contributed by atoms with Crippen LogP contribution in [0.5, 0.6) is 0 Å². The fourth-order valence-electron chi connectivity index (χ4n) is 2.25. The van der Waals surface area contributed by atoms with E-state index in [1.54, 1.807) is 18.3 Å². The molecule has 0 radical (unpaired) electrons. The number of nitrogens with one attached hydrogen (secondary N) is 1. The third-order valence-corrected chi connectivity index (χ3v) is 3.11. The molecule has 17 heavy (non-hydrogen) atoms. The number of aromatic amines is 1. The zero-order chi connectivity index (χ0) is 11.4. The summed E-state index contributed by atoms with van der Waals surface area (Å²) in [6.07, 6.45) is 5.08. The van der Waals surface area contributed by atoms with Crippen molar-refractivity contribution in [3.05, 3.63) is 41.7 Å². The number of fused-ring (bicyclic) bond motifs is 4. The maximum atomic E-state index is 11.6. The minimum Gasteiger partial charge on any atom is -0.289 e. The van der Waals surface area contributed by atoms with Crippen LogP contribution in [0.25, 0.3) is 27.9 Å². The van der Waals surface area contributed by atoms with Gasteiger partial charge in [0, 0.05) is 16.3 Å². The number of pyridine rings is 1. The number of nitrogens with zero attached hydrogens (tertiary/aromatic N) is 2. The lowest BCUT2D eigenvalue weighted by Crippen LogP contribution is -1.94. The highest BCUT2D eigenvalue weighted by molar-refractivity contribution is 6.16. The van der Waals surface area contributed by atoms with Gasteiger partial charge in [-0.25, -0.2) is 4.98 Å². The Bertz CT molecular complexity index is 814. The number of carbonyl (C=O) groups is 1. The van der Waals surface area contributed by atoms with E-state index >= 15 is 0 Å². The summed E-state index contributed by atoms with van der Waals surface area (Å²) in [5.41, 5.74) is 3.27. The average Bonchev–Trinajstić information content (AvgIpc) is 2.94. The van der Waals surface area contributed by atoms with Gasteiger partial charge in [0.1, 0.15) is 0 Å². The predicted octanol–water partition coefficient (Wildman–Crippen LogP) is 2.32. The second kappa shape index (κ2) is 2.79. The maximum absolute atomic E-state index is 11.6. The van der Waals surface area contributed by atoms with Crippen LogP contribution in [-0.2, 0) is 0 Å². The zero-order valence-corrected chi connectivity index (χ0v) is 8.77. The molecule has 0 spiro atoms. The number of rotatable bonds is 0. The van der Waals surface area contributed by atoms with E-state index in [0.29, 0.717) is 5.56 Å². The van der Waals surface area contributed by atoms with Gasteiger partial charge >= 0.3 is 0 Å². The largest absolute Gasteiger partial charge is 0.289 e. The number of allylic oxidation sites excluding steroid dienone is 1. The van der Waals surface area contributed by atoms with Crippen LogP contribution in [0.4, 0.5) is 0 Å². The first-order valence-corrected chi connectivity index (χ1v) is 5.32. The van der Waals surface area contributed by atoms with Crippen LogP contribution in [0.15, 0.2) is 30.5 Å². The topological polar surface area (TPSA) is 58.6 Å². The Morgan fingerprint density at radius 3 is 3.00 bits per heavy atom. The lowest BCUT2D eigenvalue weighted by atomic mass is 10.1. The van der Waals surface area contributed by atoms with Gasteiger partial charge in [-0.05, 0) is 30.4 Å². The van der Waals surface area contributed by atoms with Crippen LogP contribution in [0.2, 0.25) is 0 Å². The third-order valence-electron chi connectivity index (χ3n) is 3.11. The van der Waals surface area contributed by atoms with Crippen LogP contribution in [0.1, 0.15) is 16.1 Å². The Morgan fingerprint density at radius 2 is 2.06 bits per heavy atom. The predicted molar refractivity (Wildman–Crippen MR) is 64.8 cm³/mol. The summed E-state index contributed by atoms with van der Waals surface area (Å²) < 4.78 is 0. The fourth-order valence-corrected chi connectivity index (χ4v) is 2.25. The molecule has 3 aromatic rings. The SMILES string of the molecule is O=C1C=Cc2nc3ccc4[nH]ncc4c3cc21. The van der Waals surface area contributed by atoms with Gasteiger partial charge in [0.2, 0.25) is 0 Å². The van der Waals surface area contributed by atoms with Crippen LogP contribution in [-0.4, -0.2) is 21.0 Å². The minimum atomic E-state index is 0.0231. The van der Waals surface area contributed by atoms with Gasteiger partial charge in [0.15, 0.2) is 5.78 Å². The standard InChI is InChI=1S/C13H7N3O/c17-13-4-3-11-8(13)5-7-9-6-14-16-12(9)2-1-10(7)15-11/h1-6H,(H,14,16). The Morgan fingerprint density at radius 1 is 1.12 bits per heavy atom. The van der Waals surface area contributed by atoms with Crippen LogP contribution in [0.3, 0.4) is 0 Å². The number of H-pyrrole nitrogens is 1. The highest BCUT2D eigenvalue weighted by Gasteiger charge is 2.16. The van der Waals surface area contributed by atoms with Crippen molar-refractivity contribution >= 4 is 33.7 Å². The lowest BCUT2D eigenvalue weighted by Gasteiger charge is -2.02. The van der Waals surface area contributed by atoms with Gasteiger partial charge in [0.25, 0.3) is 0 Å². The van der Waals surface area contributed by atoms with Crippen molar-refractivity contribution in [1.29, 1.82) is 0 Å². The highest BCUT2D eigenvalue weighted by Crippen LogP contribution is 2.27. The minimum absolute atomic E-state index is 0.0231. The Hall–Kier alpha value is -2.49. The van der Waals surface area contributed by atoms with Crippen LogP contribution >= 0.6 is 0 Å². The van der Waals surface area contributed by atoms with Crippen molar-refractivity contribution in [2.75, 3.05) is 0 Å². The van der Waals surface area contributed by atoms with Gasteiger partial charge < -0.3 is 0 Å². The molecule has 1 aliphatic rings. The first kappa shape index (κ1) is 8.64. The fraction of sp³-hybridized carbons (Fsp3) is 0. The van der Waals surface area contributed by atoms with E-state index in [9.17, 15) is 4.79 Å². The van der Waals surface area contributed by atoms with Crippen molar-refractivity contribution in [3.8, 4) is 0 Å². The normalized spacial score (nSPS) is 13.8. The van der Waals surface area contributed by atoms with E-state index in [1.807, 2.05) is 18.2 Å². The quantitative estimate of drug-likeness (QED) is 0.633. The molecule has 0 bridgehead atoms. The van der Waals surface area contributed by atoms with Gasteiger partial charge in [-0.15, -0.1) is 0 Å². The van der Waals surface area contributed by atoms with Crippen molar-refractivity contribution < 1.29 is 4.79 Å². The van der Waals surface area contributed by atoms with E-state index in [1.165, 1.54) is 0 Å². The van der Waals surface area contributed by atoms with Gasteiger partial charge in [-0.1, -0.05) is 0 Å². The zero-order valence-electron chi connectivity index (χ0n) is 8.77. The Kier molecular flexibility index (Phi) is 1.42. The van der Waals surface area contributed by atoms with Crippen molar-refractivity contribution in [1.82, 2.24) is 15.2 Å². The molecule has 2 heterocycles. The molecular formula is C13H7N3O. The summed E-state index contributed by atoms with van der Waals surface area (Å²) in [5.74, 6) is 0.0231. The maximum Gasteiger partial charge on any atom is 0.188 e. The molecule has 0 saturated heterocycles. The van der Waals surface area contributed by atoms with E-state index in [2.05, 4.69) is 15.2 Å². The second-order valence-electron chi connectivity index (χ2n) is 4.08. The summed E-state index contributed by atoms with van der Waals surface area (Å²) in [6, 6.07) is 5.79. The smallest absolute Gasteiger partial charge is 0.188 e. The molecule has 1 aromatic carbocycles. The molecule has 0 saturated carbocycles. The van der Waals surface area contributed by atoms with Gasteiger partial charge in [-0.2, -0.15) is 5.10 Å². The van der Waals surface area contributed by atoms with Gasteiger partial charge in [-0.3, -0.25) is 9.89 Å². The monoisotopic (exact) mass is 221 g/mol. The molecule has 4 rings (SSSR count). The number of hydrogen-bond acceptors (Lipinski definition) is 3. The number of carbonyl (C=O) groups excluding carboxylic acids is 1. The number of aromatic nitrogens is 3. The molecule has 0 fully saturated rings. The second-order valence-corrected chi connectivity index (χ2v) is 4.08. The molecule has 2 aromatic heterocycles. The first-order valence-electron chi connectivity index (χ1n) is 5.32. The van der Waals surface area contributed by atoms with E-state index < -0.39 is 0 Å². The lowest BCUT2D eigenvalue weighted by molar-refractivity contribution is 0.105. The summed E-state index contributed by atoms with van der Waals surface area (Å²) >= 11 is 0. The number of hydrogen-bond donors (Lipinski definition) is 1. The third kappa shape index (κ3) is 1.04. The van der Waals surface area contributed by atoms with Gasteiger partial charge in [0.05, 0.1) is 22.9 Å². The van der Waals surface area contributed by atoms with Crippen molar-refractivity contribution in [3.63, 3.8) is 0 Å². The molecular weight excluding hydrogens is 214 g/mol. The number of ketones is 1. The highest BCUT2D eigenvalue weighted by atomic mass is 16.1. The van der Waals surface area contributed by atoms with E-state index in [-0.39, 0.29) is 5.78 Å². The van der Waals surface area contributed by atoms with Crippen LogP contribution < -0.4 is 0 Å². The van der Waals surface area contributed by atoms with Crippen molar-refractivity contribution in [2.45, 2.75) is 0 Å². The molecule has 0 aliphatic heterocycles. The summed E-state index contributed by atoms with van der Waals surface area (Å²) in [4.78, 5) is 16.1. The molecule has 0 amide bonds. The molecule has 1 aliphatic carbocycles. The number of benzene rings is 1. The van der Waals surface area contributed by atoms with E-state index in [0.717, 1.165) is 27.5 Å². The average molecular weight is 221 g/mol. The summed E-state index contributed by atoms with van der Waals surface area (Å²) in [7, 11) is 0. The Balaban J connectivity index is 2.22. The molecule has 4 nitrogen and oxygen atoms in total. The molecule has 0 unspecified atom stereocenters. The first-order chi connectivity index (χ1) is 8.33. The molecule has 1 N–H and O–H groups in total. The molecule has 80 valence electrons. The summed E-state index contributed by atoms with van der Waals surface area (Å²) in [6.45, 7) is 0. The van der Waals surface area contributed by atoms with E-state index in [4.69, 9.17) is 0 Å². The van der Waals surface area contributed by atoms with Crippen LogP contribution in [0, 0.1) is 0 Å². The summed E-state index contributed by atoms with van der Waals surface area (Å²) in [5, 5.41) is 8.89. The molecule has 0 atom stereocenters. The Labute approximate surface area is 96.0 Å². The molecule has 4 heteroatoms. The van der Waals surface area contributed by atoms with Crippen molar-refractivity contribution in [2.24, 2.45) is 0 Å².